The average Bonchev–Trinajstić information content (AvgIpc) is 2.63. The van der Waals surface area contributed by atoms with Crippen molar-refractivity contribution in [3.05, 3.63) is 53.6 Å². The molecule has 0 unspecified atom stereocenters. The van der Waals surface area contributed by atoms with Crippen molar-refractivity contribution in [2.24, 2.45) is 0 Å². The molecule has 0 aliphatic rings. The number of nitrogens with zero attached hydrogens (tertiary/aromatic N) is 1. The van der Waals surface area contributed by atoms with Crippen LogP contribution in [0.15, 0.2) is 42.5 Å². The van der Waals surface area contributed by atoms with Crippen LogP contribution in [-0.4, -0.2) is 44.0 Å². The maximum atomic E-state index is 12.2. The SMILES string of the molecule is COc1ccccc1OCC(=O)N(C)CC(=O)Nc1cccc(C)c1C. The molecule has 0 radical (unpaired) electrons. The number of aryl methyl sites for hydroxylation is 1. The summed E-state index contributed by atoms with van der Waals surface area (Å²) in [5, 5.41) is 2.84. The molecule has 138 valence electrons. The van der Waals surface area contributed by atoms with Gasteiger partial charge in [-0.2, -0.15) is 0 Å². The van der Waals surface area contributed by atoms with Crippen molar-refractivity contribution in [1.29, 1.82) is 0 Å². The lowest BCUT2D eigenvalue weighted by atomic mass is 10.1. The molecule has 2 aromatic carbocycles. The van der Waals surface area contributed by atoms with Gasteiger partial charge < -0.3 is 19.7 Å². The molecule has 0 aliphatic carbocycles. The number of hydrogen-bond acceptors (Lipinski definition) is 4. The van der Waals surface area contributed by atoms with Crippen LogP contribution in [0, 0.1) is 13.8 Å². The third-order valence-electron chi connectivity index (χ3n) is 4.11. The number of methoxy groups -OCH3 is 1. The normalized spacial score (nSPS) is 10.2. The molecule has 2 rings (SSSR count). The van der Waals surface area contributed by atoms with Crippen LogP contribution >= 0.6 is 0 Å². The van der Waals surface area contributed by atoms with Crippen molar-refractivity contribution in [3.8, 4) is 11.5 Å². The Morgan fingerprint density at radius 1 is 1.04 bits per heavy atom. The first-order valence-electron chi connectivity index (χ1n) is 8.28. The number of likely N-dealkylation sites (N-methyl/N-ethyl adjacent to an activating group) is 1. The number of para-hydroxylation sites is 2. The van der Waals surface area contributed by atoms with Crippen LogP contribution in [0.3, 0.4) is 0 Å². The number of nitrogens with one attached hydrogen (secondary N) is 1. The average molecular weight is 356 g/mol. The molecule has 0 saturated heterocycles. The van der Waals surface area contributed by atoms with Crippen molar-refractivity contribution in [1.82, 2.24) is 4.90 Å². The molecule has 0 saturated carbocycles. The van der Waals surface area contributed by atoms with Crippen molar-refractivity contribution in [2.75, 3.05) is 32.6 Å². The Bertz CT molecular complexity index is 789. The van der Waals surface area contributed by atoms with Gasteiger partial charge in [-0.15, -0.1) is 0 Å². The van der Waals surface area contributed by atoms with E-state index >= 15 is 0 Å². The second-order valence-electron chi connectivity index (χ2n) is 5.98. The fourth-order valence-corrected chi connectivity index (χ4v) is 2.37. The highest BCUT2D eigenvalue weighted by Gasteiger charge is 2.15. The molecule has 1 N–H and O–H groups in total. The number of carbonyl (C=O) groups excluding carboxylic acids is 2. The summed E-state index contributed by atoms with van der Waals surface area (Å²) in [7, 11) is 3.10. The first kappa shape index (κ1) is 19.3. The van der Waals surface area contributed by atoms with Gasteiger partial charge in [-0.1, -0.05) is 24.3 Å². The van der Waals surface area contributed by atoms with E-state index in [2.05, 4.69) is 5.32 Å². The summed E-state index contributed by atoms with van der Waals surface area (Å²) in [6.07, 6.45) is 0. The van der Waals surface area contributed by atoms with Crippen LogP contribution in [-0.2, 0) is 9.59 Å². The topological polar surface area (TPSA) is 67.9 Å². The van der Waals surface area contributed by atoms with Gasteiger partial charge >= 0.3 is 0 Å². The fraction of sp³-hybridized carbons (Fsp3) is 0.300. The van der Waals surface area contributed by atoms with Crippen LogP contribution in [0.4, 0.5) is 5.69 Å². The Kier molecular flexibility index (Phi) is 6.60. The van der Waals surface area contributed by atoms with E-state index in [4.69, 9.17) is 9.47 Å². The van der Waals surface area contributed by atoms with E-state index in [1.54, 1.807) is 25.2 Å². The number of hydrogen-bond donors (Lipinski definition) is 1. The number of amides is 2. The molecule has 26 heavy (non-hydrogen) atoms. The maximum Gasteiger partial charge on any atom is 0.260 e. The van der Waals surface area contributed by atoms with Crippen molar-refractivity contribution >= 4 is 17.5 Å². The first-order valence-corrected chi connectivity index (χ1v) is 8.28. The van der Waals surface area contributed by atoms with Gasteiger partial charge in [0.25, 0.3) is 5.91 Å². The molecule has 0 heterocycles. The van der Waals surface area contributed by atoms with E-state index in [0.717, 1.165) is 16.8 Å². The number of anilines is 1. The number of ether oxygens (including phenoxy) is 2. The van der Waals surface area contributed by atoms with Gasteiger partial charge in [0.1, 0.15) is 0 Å². The molecule has 6 nitrogen and oxygen atoms in total. The van der Waals surface area contributed by atoms with E-state index in [1.807, 2.05) is 38.1 Å². The summed E-state index contributed by atoms with van der Waals surface area (Å²) < 4.78 is 10.7. The zero-order chi connectivity index (χ0) is 19.1. The largest absolute Gasteiger partial charge is 0.493 e. The summed E-state index contributed by atoms with van der Waals surface area (Å²) in [6, 6.07) is 12.8. The molecule has 0 aliphatic heterocycles. The highest BCUT2D eigenvalue weighted by atomic mass is 16.5. The van der Waals surface area contributed by atoms with Crippen LogP contribution in [0.5, 0.6) is 11.5 Å². The lowest BCUT2D eigenvalue weighted by Gasteiger charge is -2.18. The molecule has 6 heteroatoms. The quantitative estimate of drug-likeness (QED) is 0.828. The summed E-state index contributed by atoms with van der Waals surface area (Å²) in [6.45, 7) is 3.70. The minimum absolute atomic E-state index is 0.0541. The third-order valence-corrected chi connectivity index (χ3v) is 4.11. The van der Waals surface area contributed by atoms with Crippen LogP contribution < -0.4 is 14.8 Å². The van der Waals surface area contributed by atoms with Gasteiger partial charge in [-0.3, -0.25) is 9.59 Å². The second-order valence-corrected chi connectivity index (χ2v) is 5.98. The first-order chi connectivity index (χ1) is 12.4. The van der Waals surface area contributed by atoms with Gasteiger partial charge in [0, 0.05) is 12.7 Å². The van der Waals surface area contributed by atoms with Gasteiger partial charge in [0.2, 0.25) is 5.91 Å². The Morgan fingerprint density at radius 3 is 2.42 bits per heavy atom. The molecule has 2 aromatic rings. The minimum atomic E-state index is -0.299. The predicted molar refractivity (Wildman–Crippen MR) is 101 cm³/mol. The van der Waals surface area contributed by atoms with Crippen LogP contribution in [0.25, 0.3) is 0 Å². The van der Waals surface area contributed by atoms with E-state index in [1.165, 1.54) is 12.0 Å². The smallest absolute Gasteiger partial charge is 0.260 e. The Hall–Kier alpha value is -3.02. The molecule has 0 bridgehead atoms. The van der Waals surface area contributed by atoms with Crippen LogP contribution in [0.1, 0.15) is 11.1 Å². The van der Waals surface area contributed by atoms with Crippen molar-refractivity contribution < 1.29 is 19.1 Å². The highest BCUT2D eigenvalue weighted by Crippen LogP contribution is 2.25. The van der Waals surface area contributed by atoms with Crippen LogP contribution in [0.2, 0.25) is 0 Å². The minimum Gasteiger partial charge on any atom is -0.493 e. The lowest BCUT2D eigenvalue weighted by molar-refractivity contribution is -0.135. The molecule has 0 fully saturated rings. The summed E-state index contributed by atoms with van der Waals surface area (Å²) in [5.41, 5.74) is 2.85. The monoisotopic (exact) mass is 356 g/mol. The zero-order valence-electron chi connectivity index (χ0n) is 15.5. The third kappa shape index (κ3) is 4.99. The number of rotatable bonds is 7. The highest BCUT2D eigenvalue weighted by molar-refractivity contribution is 5.95. The zero-order valence-corrected chi connectivity index (χ0v) is 15.5. The summed E-state index contributed by atoms with van der Waals surface area (Å²) in [4.78, 5) is 25.7. The van der Waals surface area contributed by atoms with Gasteiger partial charge in [0.15, 0.2) is 18.1 Å². The lowest BCUT2D eigenvalue weighted by Crippen LogP contribution is -2.37. The predicted octanol–water partition coefficient (Wildman–Crippen LogP) is 2.79. The standard InChI is InChI=1S/C20H24N2O4/c1-14-8-7-9-16(15(14)2)21-19(23)12-22(3)20(24)13-26-18-11-6-5-10-17(18)25-4/h5-11H,12-13H2,1-4H3,(H,21,23). The van der Waals surface area contributed by atoms with E-state index in [9.17, 15) is 9.59 Å². The van der Waals surface area contributed by atoms with Crippen molar-refractivity contribution in [3.63, 3.8) is 0 Å². The molecule has 2 amide bonds. The molecule has 0 spiro atoms. The number of carbonyl (C=O) groups is 2. The molecular weight excluding hydrogens is 332 g/mol. The number of benzene rings is 2. The fourth-order valence-electron chi connectivity index (χ4n) is 2.37. The second kappa shape index (κ2) is 8.89. The summed E-state index contributed by atoms with van der Waals surface area (Å²) in [5.74, 6) is 0.478. The molecule has 0 atom stereocenters. The Labute approximate surface area is 153 Å². The molecule has 0 aromatic heterocycles. The van der Waals surface area contributed by atoms with Gasteiger partial charge in [-0.05, 0) is 43.2 Å². The summed E-state index contributed by atoms with van der Waals surface area (Å²) >= 11 is 0. The van der Waals surface area contributed by atoms with Gasteiger partial charge in [-0.25, -0.2) is 0 Å². The van der Waals surface area contributed by atoms with Gasteiger partial charge in [0.05, 0.1) is 13.7 Å². The van der Waals surface area contributed by atoms with E-state index in [-0.39, 0.29) is 25.0 Å². The van der Waals surface area contributed by atoms with E-state index < -0.39 is 0 Å². The Morgan fingerprint density at radius 2 is 1.73 bits per heavy atom. The Balaban J connectivity index is 1.88. The maximum absolute atomic E-state index is 12.2. The molecular formula is C20H24N2O4. The van der Waals surface area contributed by atoms with E-state index in [0.29, 0.717) is 11.5 Å². The van der Waals surface area contributed by atoms with Crippen molar-refractivity contribution in [2.45, 2.75) is 13.8 Å².